The summed E-state index contributed by atoms with van der Waals surface area (Å²) in [5, 5.41) is 25.2. The lowest BCUT2D eigenvalue weighted by atomic mass is 10.1. The van der Waals surface area contributed by atoms with E-state index in [1.54, 1.807) is 19.1 Å². The zero-order valence-electron chi connectivity index (χ0n) is 13.1. The van der Waals surface area contributed by atoms with Crippen molar-refractivity contribution in [3.63, 3.8) is 0 Å². The molecule has 0 aromatic heterocycles. The number of hydrogen-bond acceptors (Lipinski definition) is 6. The minimum absolute atomic E-state index is 0.0362. The number of non-ortho nitro benzene ring substituents is 1. The number of halogens is 1. The number of aromatic hydroxyl groups is 1. The van der Waals surface area contributed by atoms with Gasteiger partial charge in [0.05, 0.1) is 23.8 Å². The average Bonchev–Trinajstić information content (AvgIpc) is 2.58. The van der Waals surface area contributed by atoms with Crippen molar-refractivity contribution in [2.75, 3.05) is 6.61 Å². The molecule has 0 heterocycles. The van der Waals surface area contributed by atoms with Crippen molar-refractivity contribution in [2.24, 2.45) is 5.10 Å². The van der Waals surface area contributed by atoms with Crippen LogP contribution in [0.4, 0.5) is 5.69 Å². The summed E-state index contributed by atoms with van der Waals surface area (Å²) in [6, 6.07) is 8.39. The van der Waals surface area contributed by atoms with Crippen LogP contribution in [0, 0.1) is 10.1 Å². The van der Waals surface area contributed by atoms with E-state index in [0.717, 1.165) is 18.3 Å². The molecule has 0 spiro atoms. The van der Waals surface area contributed by atoms with Crippen molar-refractivity contribution in [1.29, 1.82) is 0 Å². The number of nitrogens with one attached hydrogen (secondary N) is 1. The Balaban J connectivity index is 2.20. The molecule has 130 valence electrons. The number of carbonyl (C=O) groups excluding carboxylic acids is 1. The van der Waals surface area contributed by atoms with Crippen molar-refractivity contribution >= 4 is 29.4 Å². The van der Waals surface area contributed by atoms with Crippen molar-refractivity contribution in [3.05, 3.63) is 62.7 Å². The number of nitro groups is 1. The van der Waals surface area contributed by atoms with Crippen LogP contribution in [0.3, 0.4) is 0 Å². The van der Waals surface area contributed by atoms with Crippen LogP contribution in [-0.4, -0.2) is 28.8 Å². The number of hydrazone groups is 1. The number of nitro benzene ring substituents is 1. The summed E-state index contributed by atoms with van der Waals surface area (Å²) in [5.74, 6) is -0.845. The SMILES string of the molecule is CCOc1cc([N+](=O)[O-])cc(/C=N/NC(=O)c2ccc(Cl)cc2)c1O. The molecular weight excluding hydrogens is 350 g/mol. The molecule has 2 aromatic rings. The third-order valence-corrected chi connectivity index (χ3v) is 3.33. The van der Waals surface area contributed by atoms with Gasteiger partial charge in [-0.15, -0.1) is 0 Å². The zero-order valence-corrected chi connectivity index (χ0v) is 13.9. The summed E-state index contributed by atoms with van der Waals surface area (Å²) in [4.78, 5) is 22.3. The highest BCUT2D eigenvalue weighted by atomic mass is 35.5. The quantitative estimate of drug-likeness (QED) is 0.465. The topological polar surface area (TPSA) is 114 Å². The Morgan fingerprint density at radius 2 is 2.08 bits per heavy atom. The molecule has 8 nitrogen and oxygen atoms in total. The van der Waals surface area contributed by atoms with Gasteiger partial charge in [-0.25, -0.2) is 5.43 Å². The Kier molecular flexibility index (Phi) is 5.91. The summed E-state index contributed by atoms with van der Waals surface area (Å²) < 4.78 is 5.16. The van der Waals surface area contributed by atoms with Gasteiger partial charge in [-0.2, -0.15) is 5.10 Å². The minimum Gasteiger partial charge on any atom is -0.504 e. The maximum absolute atomic E-state index is 11.9. The van der Waals surface area contributed by atoms with Gasteiger partial charge in [0.2, 0.25) is 0 Å². The maximum atomic E-state index is 11.9. The monoisotopic (exact) mass is 363 g/mol. The Hall–Kier alpha value is -3.13. The molecule has 25 heavy (non-hydrogen) atoms. The number of nitrogens with zero attached hydrogens (tertiary/aromatic N) is 2. The van der Waals surface area contributed by atoms with Gasteiger partial charge >= 0.3 is 0 Å². The number of ether oxygens (including phenoxy) is 1. The molecule has 0 aliphatic heterocycles. The van der Waals surface area contributed by atoms with Crippen LogP contribution >= 0.6 is 11.6 Å². The van der Waals surface area contributed by atoms with E-state index in [1.807, 2.05) is 0 Å². The Labute approximate surface area is 147 Å². The van der Waals surface area contributed by atoms with Crippen LogP contribution < -0.4 is 10.2 Å². The predicted molar refractivity (Wildman–Crippen MR) is 92.4 cm³/mol. The normalized spacial score (nSPS) is 10.6. The number of amides is 1. The molecule has 0 radical (unpaired) electrons. The molecule has 2 aromatic carbocycles. The van der Waals surface area contributed by atoms with E-state index in [4.69, 9.17) is 16.3 Å². The molecule has 0 atom stereocenters. The van der Waals surface area contributed by atoms with E-state index in [0.29, 0.717) is 10.6 Å². The first kappa shape index (κ1) is 18.2. The fourth-order valence-corrected chi connectivity index (χ4v) is 2.04. The lowest BCUT2D eigenvalue weighted by molar-refractivity contribution is -0.385. The fraction of sp³-hybridized carbons (Fsp3) is 0.125. The second-order valence-electron chi connectivity index (χ2n) is 4.78. The first-order valence-electron chi connectivity index (χ1n) is 7.15. The van der Waals surface area contributed by atoms with Crippen LogP contribution in [0.2, 0.25) is 5.02 Å². The molecule has 0 unspecified atom stereocenters. The zero-order chi connectivity index (χ0) is 18.4. The second-order valence-corrected chi connectivity index (χ2v) is 5.21. The third kappa shape index (κ3) is 4.67. The number of phenolic OH excluding ortho intramolecular Hbond substituents is 1. The summed E-state index contributed by atoms with van der Waals surface area (Å²) in [5.41, 5.74) is 2.36. The van der Waals surface area contributed by atoms with E-state index in [2.05, 4.69) is 10.5 Å². The second kappa shape index (κ2) is 8.11. The van der Waals surface area contributed by atoms with Crippen molar-refractivity contribution < 1.29 is 19.6 Å². The number of benzene rings is 2. The molecule has 0 saturated carbocycles. The molecule has 0 fully saturated rings. The molecule has 2 N–H and O–H groups in total. The predicted octanol–water partition coefficient (Wildman–Crippen LogP) is 3.12. The van der Waals surface area contributed by atoms with Gasteiger partial charge in [0.25, 0.3) is 11.6 Å². The van der Waals surface area contributed by atoms with Gasteiger partial charge in [-0.3, -0.25) is 14.9 Å². The highest BCUT2D eigenvalue weighted by Gasteiger charge is 2.16. The van der Waals surface area contributed by atoms with E-state index >= 15 is 0 Å². The number of hydrogen-bond donors (Lipinski definition) is 2. The van der Waals surface area contributed by atoms with Gasteiger partial charge in [0.15, 0.2) is 11.5 Å². The molecule has 0 bridgehead atoms. The summed E-state index contributed by atoms with van der Waals surface area (Å²) in [6.45, 7) is 1.90. The van der Waals surface area contributed by atoms with Gasteiger partial charge in [-0.05, 0) is 31.2 Å². The fourth-order valence-electron chi connectivity index (χ4n) is 1.91. The van der Waals surface area contributed by atoms with E-state index in [9.17, 15) is 20.0 Å². The highest BCUT2D eigenvalue weighted by Crippen LogP contribution is 2.33. The maximum Gasteiger partial charge on any atom is 0.274 e. The van der Waals surface area contributed by atoms with E-state index in [-0.39, 0.29) is 29.4 Å². The third-order valence-electron chi connectivity index (χ3n) is 3.08. The van der Waals surface area contributed by atoms with E-state index < -0.39 is 10.8 Å². The number of rotatable bonds is 6. The van der Waals surface area contributed by atoms with Crippen LogP contribution in [0.5, 0.6) is 11.5 Å². The largest absolute Gasteiger partial charge is 0.504 e. The molecule has 1 amide bonds. The molecule has 0 aliphatic rings. The Morgan fingerprint density at radius 1 is 1.40 bits per heavy atom. The lowest BCUT2D eigenvalue weighted by Crippen LogP contribution is -2.17. The summed E-state index contributed by atoms with van der Waals surface area (Å²) >= 11 is 5.74. The molecule has 9 heteroatoms. The molecular formula is C16H14ClN3O5. The summed E-state index contributed by atoms with van der Waals surface area (Å²) in [6.07, 6.45) is 1.10. The molecule has 0 aliphatic carbocycles. The van der Waals surface area contributed by atoms with Crippen LogP contribution in [-0.2, 0) is 0 Å². The molecule has 2 rings (SSSR count). The Bertz CT molecular complexity index is 821. The number of phenols is 1. The number of carbonyl (C=O) groups is 1. The smallest absolute Gasteiger partial charge is 0.274 e. The Morgan fingerprint density at radius 3 is 2.68 bits per heavy atom. The highest BCUT2D eigenvalue weighted by molar-refractivity contribution is 6.30. The van der Waals surface area contributed by atoms with E-state index in [1.165, 1.54) is 12.1 Å². The van der Waals surface area contributed by atoms with Crippen molar-refractivity contribution in [1.82, 2.24) is 5.43 Å². The first-order valence-corrected chi connectivity index (χ1v) is 7.53. The average molecular weight is 364 g/mol. The van der Waals surface area contributed by atoms with Crippen molar-refractivity contribution in [3.8, 4) is 11.5 Å². The molecule has 0 saturated heterocycles. The van der Waals surface area contributed by atoms with Gasteiger partial charge in [0.1, 0.15) is 0 Å². The van der Waals surface area contributed by atoms with Crippen LogP contribution in [0.15, 0.2) is 41.5 Å². The summed E-state index contributed by atoms with van der Waals surface area (Å²) in [7, 11) is 0. The minimum atomic E-state index is -0.619. The van der Waals surface area contributed by atoms with Crippen LogP contribution in [0.25, 0.3) is 0 Å². The van der Waals surface area contributed by atoms with Crippen LogP contribution in [0.1, 0.15) is 22.8 Å². The van der Waals surface area contributed by atoms with Crippen molar-refractivity contribution in [2.45, 2.75) is 6.92 Å². The van der Waals surface area contributed by atoms with Gasteiger partial charge in [0, 0.05) is 22.2 Å². The van der Waals surface area contributed by atoms with Gasteiger partial charge in [-0.1, -0.05) is 11.6 Å². The van der Waals surface area contributed by atoms with Gasteiger partial charge < -0.3 is 9.84 Å². The lowest BCUT2D eigenvalue weighted by Gasteiger charge is -2.08. The first-order chi connectivity index (χ1) is 11.9. The standard InChI is InChI=1S/C16H14ClN3O5/c1-2-25-14-8-13(20(23)24)7-11(15(14)21)9-18-19-16(22)10-3-5-12(17)6-4-10/h3-9,21H,2H2,1H3,(H,19,22)/b18-9+.